The molecule has 0 amide bonds. The van der Waals surface area contributed by atoms with E-state index in [2.05, 4.69) is 72.2 Å². The lowest BCUT2D eigenvalue weighted by atomic mass is 9.75. The molecule has 1 aliphatic carbocycles. The molecule has 1 aromatic carbocycles. The Morgan fingerprint density at radius 2 is 1.95 bits per heavy atom. The average molecular weight is 353 g/mol. The molecule has 2 rings (SSSR count). The third-order valence-corrected chi connectivity index (χ3v) is 5.34. The highest BCUT2D eigenvalue weighted by molar-refractivity contribution is 9.10. The molecule has 21 heavy (non-hydrogen) atoms. The van der Waals surface area contributed by atoms with Crippen molar-refractivity contribution in [2.24, 2.45) is 5.41 Å². The second-order valence-electron chi connectivity index (χ2n) is 7.06. The molecule has 2 nitrogen and oxygen atoms in total. The Balaban J connectivity index is 2.14. The third-order valence-electron chi connectivity index (χ3n) is 4.85. The van der Waals surface area contributed by atoms with Crippen LogP contribution in [0.2, 0.25) is 0 Å². The van der Waals surface area contributed by atoms with Gasteiger partial charge in [-0.1, -0.05) is 42.8 Å². The van der Waals surface area contributed by atoms with Crippen LogP contribution < -0.4 is 10.2 Å². The van der Waals surface area contributed by atoms with Gasteiger partial charge in [0.15, 0.2) is 0 Å². The second-order valence-corrected chi connectivity index (χ2v) is 7.98. The first-order chi connectivity index (χ1) is 9.93. The molecule has 1 saturated carbocycles. The van der Waals surface area contributed by atoms with Gasteiger partial charge < -0.3 is 10.2 Å². The number of anilines is 1. The fraction of sp³-hybridized carbons (Fsp3) is 0.667. The highest BCUT2D eigenvalue weighted by atomic mass is 79.9. The van der Waals surface area contributed by atoms with E-state index in [1.807, 2.05) is 0 Å². The Labute approximate surface area is 138 Å². The van der Waals surface area contributed by atoms with Crippen LogP contribution in [0.3, 0.4) is 0 Å². The fourth-order valence-electron chi connectivity index (χ4n) is 3.24. The van der Waals surface area contributed by atoms with Crippen molar-refractivity contribution in [3.05, 3.63) is 28.2 Å². The summed E-state index contributed by atoms with van der Waals surface area (Å²) in [5.41, 5.74) is 3.30. The number of nitrogens with zero attached hydrogens (tertiary/aromatic N) is 1. The normalized spacial score (nSPS) is 18.7. The molecular formula is C18H29BrN2. The first-order valence-electron chi connectivity index (χ1n) is 8.15. The van der Waals surface area contributed by atoms with Crippen molar-refractivity contribution in [2.45, 2.75) is 59.0 Å². The summed E-state index contributed by atoms with van der Waals surface area (Å²) in [6.07, 6.45) is 5.27. The number of nitrogens with one attached hydrogen (secondary N) is 1. The molecule has 1 N–H and O–H groups in total. The van der Waals surface area contributed by atoms with Gasteiger partial charge in [0, 0.05) is 29.8 Å². The summed E-state index contributed by atoms with van der Waals surface area (Å²) in [4.78, 5) is 2.51. The summed E-state index contributed by atoms with van der Waals surface area (Å²) in [5, 5.41) is 3.45. The largest absolute Gasteiger partial charge is 0.371 e. The van der Waals surface area contributed by atoms with Crippen molar-refractivity contribution in [3.8, 4) is 0 Å². The second kappa shape index (κ2) is 7.15. The minimum atomic E-state index is 0.529. The molecule has 0 saturated heterocycles. The van der Waals surface area contributed by atoms with Crippen molar-refractivity contribution < 1.29 is 0 Å². The first-order valence-corrected chi connectivity index (χ1v) is 8.94. The zero-order chi connectivity index (χ0) is 15.5. The van der Waals surface area contributed by atoms with Crippen LogP contribution in [0.1, 0.15) is 52.0 Å². The van der Waals surface area contributed by atoms with E-state index >= 15 is 0 Å². The number of hydrogen-bond donors (Lipinski definition) is 1. The molecule has 1 fully saturated rings. The number of hydrogen-bond acceptors (Lipinski definition) is 2. The maximum absolute atomic E-state index is 3.63. The van der Waals surface area contributed by atoms with Gasteiger partial charge in [-0.3, -0.25) is 0 Å². The summed E-state index contributed by atoms with van der Waals surface area (Å²) < 4.78 is 1.17. The topological polar surface area (TPSA) is 15.3 Å². The van der Waals surface area contributed by atoms with E-state index in [-0.39, 0.29) is 0 Å². The highest BCUT2D eigenvalue weighted by Gasteiger charge is 2.29. The Bertz CT molecular complexity index is 460. The van der Waals surface area contributed by atoms with E-state index in [0.717, 1.165) is 13.1 Å². The lowest BCUT2D eigenvalue weighted by Gasteiger charge is -2.40. The van der Waals surface area contributed by atoms with Crippen LogP contribution in [0, 0.1) is 5.41 Å². The van der Waals surface area contributed by atoms with Gasteiger partial charge in [-0.25, -0.2) is 0 Å². The summed E-state index contributed by atoms with van der Waals surface area (Å²) in [6, 6.07) is 7.33. The first kappa shape index (κ1) is 16.8. The predicted molar refractivity (Wildman–Crippen MR) is 96.0 cm³/mol. The van der Waals surface area contributed by atoms with Crippen molar-refractivity contribution >= 4 is 21.6 Å². The molecule has 0 unspecified atom stereocenters. The fourth-order valence-corrected chi connectivity index (χ4v) is 3.59. The summed E-state index contributed by atoms with van der Waals surface area (Å²) in [5.74, 6) is 0. The van der Waals surface area contributed by atoms with E-state index in [1.54, 1.807) is 0 Å². The quantitative estimate of drug-likeness (QED) is 0.805. The minimum Gasteiger partial charge on any atom is -0.371 e. The van der Waals surface area contributed by atoms with Crippen LogP contribution in [0.15, 0.2) is 22.7 Å². The van der Waals surface area contributed by atoms with Crippen LogP contribution in [-0.4, -0.2) is 19.6 Å². The van der Waals surface area contributed by atoms with Crippen molar-refractivity contribution in [2.75, 3.05) is 18.5 Å². The zero-order valence-corrected chi connectivity index (χ0v) is 15.5. The van der Waals surface area contributed by atoms with Gasteiger partial charge in [-0.2, -0.15) is 0 Å². The molecule has 1 aliphatic rings. The molecule has 0 aliphatic heterocycles. The van der Waals surface area contributed by atoms with Gasteiger partial charge in [0.2, 0.25) is 0 Å². The van der Waals surface area contributed by atoms with Crippen LogP contribution >= 0.6 is 15.9 Å². The zero-order valence-electron chi connectivity index (χ0n) is 13.9. The van der Waals surface area contributed by atoms with Gasteiger partial charge in [0.1, 0.15) is 0 Å². The van der Waals surface area contributed by atoms with E-state index in [0.29, 0.717) is 11.5 Å². The molecule has 0 heterocycles. The van der Waals surface area contributed by atoms with Crippen LogP contribution in [-0.2, 0) is 6.54 Å². The molecule has 0 aromatic heterocycles. The molecule has 0 bridgehead atoms. The van der Waals surface area contributed by atoms with Crippen LogP contribution in [0.5, 0.6) is 0 Å². The molecule has 1 aromatic rings. The van der Waals surface area contributed by atoms with E-state index in [4.69, 9.17) is 0 Å². The van der Waals surface area contributed by atoms with E-state index < -0.39 is 0 Å². The van der Waals surface area contributed by atoms with Crippen molar-refractivity contribution in [1.29, 1.82) is 0 Å². The number of halogens is 1. The smallest absolute Gasteiger partial charge is 0.0423 e. The molecular weight excluding hydrogens is 324 g/mol. The van der Waals surface area contributed by atoms with Gasteiger partial charge in [-0.05, 0) is 55.3 Å². The predicted octanol–water partition coefficient (Wildman–Crippen LogP) is 4.96. The monoisotopic (exact) mass is 352 g/mol. The molecule has 3 heteroatoms. The lowest BCUT2D eigenvalue weighted by molar-refractivity contribution is 0.222. The minimum absolute atomic E-state index is 0.529. The van der Waals surface area contributed by atoms with Crippen LogP contribution in [0.4, 0.5) is 5.69 Å². The Kier molecular flexibility index (Phi) is 5.73. The third kappa shape index (κ3) is 4.46. The van der Waals surface area contributed by atoms with Gasteiger partial charge in [-0.15, -0.1) is 0 Å². The Morgan fingerprint density at radius 1 is 1.29 bits per heavy atom. The van der Waals surface area contributed by atoms with Gasteiger partial charge in [0.05, 0.1) is 0 Å². The van der Waals surface area contributed by atoms with Crippen molar-refractivity contribution in [1.82, 2.24) is 5.32 Å². The molecule has 0 radical (unpaired) electrons. The maximum atomic E-state index is 3.63. The Hall–Kier alpha value is -0.540. The molecule has 0 atom stereocenters. The van der Waals surface area contributed by atoms with Gasteiger partial charge >= 0.3 is 0 Å². The van der Waals surface area contributed by atoms with E-state index in [9.17, 15) is 0 Å². The number of benzene rings is 1. The SMILES string of the molecule is CCNCc1ccc(Br)cc1N(C)C1CCC(C)(C)CC1. The summed E-state index contributed by atoms with van der Waals surface area (Å²) in [7, 11) is 2.26. The molecule has 0 spiro atoms. The average Bonchev–Trinajstić information content (AvgIpc) is 2.45. The van der Waals surface area contributed by atoms with Gasteiger partial charge in [0.25, 0.3) is 0 Å². The highest BCUT2D eigenvalue weighted by Crippen LogP contribution is 2.38. The summed E-state index contributed by atoms with van der Waals surface area (Å²) >= 11 is 3.63. The Morgan fingerprint density at radius 3 is 2.57 bits per heavy atom. The standard InChI is InChI=1S/C18H29BrN2/c1-5-20-13-14-6-7-15(19)12-17(14)21(4)16-8-10-18(2,3)11-9-16/h6-7,12,16,20H,5,8-11,13H2,1-4H3. The van der Waals surface area contributed by atoms with E-state index in [1.165, 1.54) is 41.4 Å². The van der Waals surface area contributed by atoms with Crippen molar-refractivity contribution in [3.63, 3.8) is 0 Å². The van der Waals surface area contributed by atoms with Crippen LogP contribution in [0.25, 0.3) is 0 Å². The maximum Gasteiger partial charge on any atom is 0.0423 e. The summed E-state index contributed by atoms with van der Waals surface area (Å²) in [6.45, 7) is 8.92. The lowest BCUT2D eigenvalue weighted by Crippen LogP contribution is -2.37. The number of rotatable bonds is 5. The molecule has 118 valence electrons.